The maximum atomic E-state index is 13.8. The van der Waals surface area contributed by atoms with Crippen LogP contribution in [-0.4, -0.2) is 39.4 Å². The summed E-state index contributed by atoms with van der Waals surface area (Å²) in [5.74, 6) is 0.0743. The Morgan fingerprint density at radius 3 is 2.31 bits per heavy atom. The number of ether oxygens (including phenoxy) is 2. The van der Waals surface area contributed by atoms with Gasteiger partial charge in [0.05, 0.1) is 20.8 Å². The highest BCUT2D eigenvalue weighted by Crippen LogP contribution is 2.31. The minimum atomic E-state index is -4.14. The Labute approximate surface area is 205 Å². The third-order valence-electron chi connectivity index (χ3n) is 5.57. The molecule has 1 N–H and O–H groups in total. The number of nitrogens with zero attached hydrogens (tertiary/aromatic N) is 1. The summed E-state index contributed by atoms with van der Waals surface area (Å²) in [4.78, 5) is 13.1. The Balaban J connectivity index is 1.68. The molecule has 0 aliphatic rings. The van der Waals surface area contributed by atoms with Crippen LogP contribution in [0.1, 0.15) is 5.56 Å². The van der Waals surface area contributed by atoms with Crippen molar-refractivity contribution >= 4 is 32.4 Å². The molecule has 0 aliphatic heterocycles. The van der Waals surface area contributed by atoms with E-state index < -0.39 is 15.9 Å². The van der Waals surface area contributed by atoms with Gasteiger partial charge in [-0.25, -0.2) is 8.42 Å². The predicted octanol–water partition coefficient (Wildman–Crippen LogP) is 4.69. The number of fused-ring (bicyclic) bond motifs is 1. The van der Waals surface area contributed by atoms with Gasteiger partial charge in [-0.15, -0.1) is 0 Å². The lowest BCUT2D eigenvalue weighted by atomic mass is 10.1. The van der Waals surface area contributed by atoms with E-state index in [1.165, 1.54) is 26.4 Å². The van der Waals surface area contributed by atoms with Crippen molar-refractivity contribution in [3.8, 4) is 11.5 Å². The number of methoxy groups -OCH3 is 2. The number of amides is 1. The fourth-order valence-electron chi connectivity index (χ4n) is 3.82. The van der Waals surface area contributed by atoms with E-state index in [-0.39, 0.29) is 23.7 Å². The molecule has 0 unspecified atom stereocenters. The van der Waals surface area contributed by atoms with Crippen LogP contribution in [0.3, 0.4) is 0 Å². The largest absolute Gasteiger partial charge is 0.497 e. The highest BCUT2D eigenvalue weighted by atomic mass is 32.2. The number of carbonyl (C=O) groups excluding carboxylic acids is 1. The highest BCUT2D eigenvalue weighted by Gasteiger charge is 2.30. The third kappa shape index (κ3) is 5.45. The molecule has 0 spiro atoms. The van der Waals surface area contributed by atoms with Gasteiger partial charge in [0.15, 0.2) is 0 Å². The zero-order valence-electron chi connectivity index (χ0n) is 19.5. The molecule has 0 aromatic heterocycles. The number of hydrogen-bond acceptors (Lipinski definition) is 5. The summed E-state index contributed by atoms with van der Waals surface area (Å²) < 4.78 is 39.3. The van der Waals surface area contributed by atoms with Crippen LogP contribution in [0.2, 0.25) is 0 Å². The number of benzene rings is 4. The molecule has 35 heavy (non-hydrogen) atoms. The smallest absolute Gasteiger partial charge is 0.247 e. The molecule has 0 heterocycles. The molecule has 7 nitrogen and oxygen atoms in total. The second kappa shape index (κ2) is 10.6. The standard InChI is InChI=1S/C27H26N2O5S/c1-33-22-15-16-25(34-2)26(17-22)35(31,32)29(18-20-9-4-3-5-10-20)19-27(30)28-24-14-8-12-21-11-6-7-13-23(21)24/h3-17H,18-19H2,1-2H3,(H,28,30). The Morgan fingerprint density at radius 1 is 0.857 bits per heavy atom. The van der Waals surface area contributed by atoms with Crippen molar-refractivity contribution in [2.45, 2.75) is 11.4 Å². The molecule has 0 aliphatic carbocycles. The maximum Gasteiger partial charge on any atom is 0.247 e. The molecule has 0 radical (unpaired) electrons. The fourth-order valence-corrected chi connectivity index (χ4v) is 5.38. The first kappa shape index (κ1) is 24.3. The van der Waals surface area contributed by atoms with Crippen LogP contribution in [0.25, 0.3) is 10.8 Å². The van der Waals surface area contributed by atoms with Crippen molar-refractivity contribution < 1.29 is 22.7 Å². The summed E-state index contributed by atoms with van der Waals surface area (Å²) in [6, 6.07) is 26.9. The van der Waals surface area contributed by atoms with E-state index in [2.05, 4.69) is 5.32 Å². The molecule has 0 bridgehead atoms. The van der Waals surface area contributed by atoms with Gasteiger partial charge in [0.2, 0.25) is 15.9 Å². The summed E-state index contributed by atoms with van der Waals surface area (Å²) in [6.07, 6.45) is 0. The average molecular weight is 491 g/mol. The van der Waals surface area contributed by atoms with E-state index in [0.717, 1.165) is 20.6 Å². The van der Waals surface area contributed by atoms with E-state index in [9.17, 15) is 13.2 Å². The zero-order valence-corrected chi connectivity index (χ0v) is 20.3. The van der Waals surface area contributed by atoms with Gasteiger partial charge < -0.3 is 14.8 Å². The Bertz CT molecular complexity index is 1430. The molecule has 0 saturated heterocycles. The number of anilines is 1. The van der Waals surface area contributed by atoms with Gasteiger partial charge in [0, 0.05) is 23.7 Å². The molecule has 4 rings (SSSR count). The van der Waals surface area contributed by atoms with E-state index in [0.29, 0.717) is 11.4 Å². The van der Waals surface area contributed by atoms with Gasteiger partial charge >= 0.3 is 0 Å². The number of rotatable bonds is 9. The molecular formula is C27H26N2O5S. The van der Waals surface area contributed by atoms with Crippen molar-refractivity contribution in [2.75, 3.05) is 26.1 Å². The second-order valence-corrected chi connectivity index (χ2v) is 9.76. The highest BCUT2D eigenvalue weighted by molar-refractivity contribution is 7.89. The molecule has 0 fully saturated rings. The molecule has 1 amide bonds. The number of carbonyl (C=O) groups is 1. The first-order chi connectivity index (χ1) is 16.9. The lowest BCUT2D eigenvalue weighted by Crippen LogP contribution is -2.37. The van der Waals surface area contributed by atoms with E-state index in [1.54, 1.807) is 12.1 Å². The molecule has 0 saturated carbocycles. The van der Waals surface area contributed by atoms with Crippen molar-refractivity contribution in [1.29, 1.82) is 0 Å². The number of hydrogen-bond donors (Lipinski definition) is 1. The Kier molecular flexibility index (Phi) is 7.33. The monoisotopic (exact) mass is 490 g/mol. The summed E-state index contributed by atoms with van der Waals surface area (Å²) in [7, 11) is -1.28. The van der Waals surface area contributed by atoms with Crippen LogP contribution in [0.15, 0.2) is 95.9 Å². The summed E-state index contributed by atoms with van der Waals surface area (Å²) in [5.41, 5.74) is 1.36. The van der Waals surface area contributed by atoms with Crippen LogP contribution < -0.4 is 14.8 Å². The maximum absolute atomic E-state index is 13.8. The van der Waals surface area contributed by atoms with Gasteiger partial charge in [-0.2, -0.15) is 4.31 Å². The molecule has 8 heteroatoms. The third-order valence-corrected chi connectivity index (χ3v) is 7.39. The van der Waals surface area contributed by atoms with Crippen LogP contribution >= 0.6 is 0 Å². The SMILES string of the molecule is COc1ccc(OC)c(S(=O)(=O)N(CC(=O)Nc2cccc3ccccc23)Cc2ccccc2)c1. The molecule has 180 valence electrons. The van der Waals surface area contributed by atoms with Crippen LogP contribution in [-0.2, 0) is 21.4 Å². The Morgan fingerprint density at radius 2 is 1.57 bits per heavy atom. The first-order valence-electron chi connectivity index (χ1n) is 11.0. The average Bonchev–Trinajstić information content (AvgIpc) is 2.88. The fraction of sp³-hybridized carbons (Fsp3) is 0.148. The van der Waals surface area contributed by atoms with Crippen LogP contribution in [0.5, 0.6) is 11.5 Å². The number of sulfonamides is 1. The van der Waals surface area contributed by atoms with Gasteiger partial charge in [-0.1, -0.05) is 66.7 Å². The number of nitrogens with one attached hydrogen (secondary N) is 1. The molecule has 0 atom stereocenters. The van der Waals surface area contributed by atoms with E-state index >= 15 is 0 Å². The van der Waals surface area contributed by atoms with Crippen LogP contribution in [0.4, 0.5) is 5.69 Å². The lowest BCUT2D eigenvalue weighted by Gasteiger charge is -2.23. The normalized spacial score (nSPS) is 11.4. The van der Waals surface area contributed by atoms with Gasteiger partial charge in [-0.3, -0.25) is 4.79 Å². The van der Waals surface area contributed by atoms with Crippen molar-refractivity contribution in [1.82, 2.24) is 4.31 Å². The minimum Gasteiger partial charge on any atom is -0.497 e. The van der Waals surface area contributed by atoms with Gasteiger partial charge in [0.1, 0.15) is 16.4 Å². The van der Waals surface area contributed by atoms with Crippen molar-refractivity contribution in [3.05, 3.63) is 96.6 Å². The van der Waals surface area contributed by atoms with Crippen LogP contribution in [0, 0.1) is 0 Å². The first-order valence-corrected chi connectivity index (χ1v) is 12.4. The molecule has 4 aromatic carbocycles. The van der Waals surface area contributed by atoms with Gasteiger partial charge in [-0.05, 0) is 29.1 Å². The molecular weight excluding hydrogens is 464 g/mol. The second-order valence-electron chi connectivity index (χ2n) is 7.85. The van der Waals surface area contributed by atoms with Crippen molar-refractivity contribution in [3.63, 3.8) is 0 Å². The summed E-state index contributed by atoms with van der Waals surface area (Å²) in [5, 5.41) is 4.72. The Hall–Kier alpha value is -3.88. The lowest BCUT2D eigenvalue weighted by molar-refractivity contribution is -0.116. The predicted molar refractivity (Wildman–Crippen MR) is 136 cm³/mol. The van der Waals surface area contributed by atoms with E-state index in [1.807, 2.05) is 66.7 Å². The zero-order chi connectivity index (χ0) is 24.8. The minimum absolute atomic E-state index is 0.00644. The quantitative estimate of drug-likeness (QED) is 0.368. The molecule has 4 aromatic rings. The topological polar surface area (TPSA) is 84.9 Å². The summed E-state index contributed by atoms with van der Waals surface area (Å²) >= 11 is 0. The summed E-state index contributed by atoms with van der Waals surface area (Å²) in [6.45, 7) is -0.382. The van der Waals surface area contributed by atoms with Gasteiger partial charge in [0.25, 0.3) is 0 Å². The van der Waals surface area contributed by atoms with Crippen molar-refractivity contribution in [2.24, 2.45) is 0 Å². The van der Waals surface area contributed by atoms with E-state index in [4.69, 9.17) is 9.47 Å².